The normalized spacial score (nSPS) is 16.0. The Morgan fingerprint density at radius 1 is 1.26 bits per heavy atom. The number of carbonyl (C=O) groups excluding carboxylic acids is 1. The summed E-state index contributed by atoms with van der Waals surface area (Å²) in [6.07, 6.45) is 4.69. The standard InChI is InChI=1S/C15H23N3O/c1-17(14-8-6-7-13(11-14)12-16)15(19)18-9-4-2-3-5-10-18/h6-8,11H,2-5,9-10,12,16H2,1H3. The van der Waals surface area contributed by atoms with E-state index < -0.39 is 0 Å². The minimum Gasteiger partial charge on any atom is -0.326 e. The number of nitrogens with two attached hydrogens (primary N) is 1. The van der Waals surface area contributed by atoms with Gasteiger partial charge in [-0.1, -0.05) is 25.0 Å². The van der Waals surface area contributed by atoms with Crippen LogP contribution in [0.25, 0.3) is 0 Å². The van der Waals surface area contributed by atoms with Crippen molar-refractivity contribution in [2.24, 2.45) is 5.73 Å². The minimum atomic E-state index is 0.0936. The molecule has 1 saturated heterocycles. The highest BCUT2D eigenvalue weighted by Gasteiger charge is 2.20. The first-order valence-electron chi connectivity index (χ1n) is 7.04. The summed E-state index contributed by atoms with van der Waals surface area (Å²) >= 11 is 0. The van der Waals surface area contributed by atoms with E-state index in [0.29, 0.717) is 6.54 Å². The van der Waals surface area contributed by atoms with Crippen molar-refractivity contribution in [3.05, 3.63) is 29.8 Å². The van der Waals surface area contributed by atoms with Crippen molar-refractivity contribution in [3.8, 4) is 0 Å². The summed E-state index contributed by atoms with van der Waals surface area (Å²) in [6, 6.07) is 7.96. The summed E-state index contributed by atoms with van der Waals surface area (Å²) < 4.78 is 0. The fraction of sp³-hybridized carbons (Fsp3) is 0.533. The van der Waals surface area contributed by atoms with Gasteiger partial charge in [-0.05, 0) is 30.5 Å². The average molecular weight is 261 g/mol. The highest BCUT2D eigenvalue weighted by molar-refractivity contribution is 5.91. The molecule has 2 N–H and O–H groups in total. The molecule has 1 aliphatic heterocycles. The molecule has 1 heterocycles. The molecular weight excluding hydrogens is 238 g/mol. The maximum Gasteiger partial charge on any atom is 0.324 e. The Morgan fingerprint density at radius 2 is 1.95 bits per heavy atom. The van der Waals surface area contributed by atoms with Crippen molar-refractivity contribution < 1.29 is 4.79 Å². The fourth-order valence-corrected chi connectivity index (χ4v) is 2.48. The number of amides is 2. The molecule has 2 rings (SSSR count). The quantitative estimate of drug-likeness (QED) is 0.889. The molecule has 4 heteroatoms. The molecule has 0 aromatic heterocycles. The fourth-order valence-electron chi connectivity index (χ4n) is 2.48. The molecule has 0 unspecified atom stereocenters. The van der Waals surface area contributed by atoms with Gasteiger partial charge in [0.25, 0.3) is 0 Å². The van der Waals surface area contributed by atoms with Crippen molar-refractivity contribution in [2.75, 3.05) is 25.0 Å². The van der Waals surface area contributed by atoms with Gasteiger partial charge in [-0.15, -0.1) is 0 Å². The highest BCUT2D eigenvalue weighted by Crippen LogP contribution is 2.18. The van der Waals surface area contributed by atoms with E-state index in [1.54, 1.807) is 4.90 Å². The first kappa shape index (κ1) is 13.9. The smallest absolute Gasteiger partial charge is 0.324 e. The van der Waals surface area contributed by atoms with E-state index in [9.17, 15) is 4.79 Å². The van der Waals surface area contributed by atoms with Crippen LogP contribution < -0.4 is 10.6 Å². The van der Waals surface area contributed by atoms with Crippen LogP contribution in [0.1, 0.15) is 31.2 Å². The van der Waals surface area contributed by atoms with Crippen molar-refractivity contribution >= 4 is 11.7 Å². The van der Waals surface area contributed by atoms with Crippen LogP contribution in [0.3, 0.4) is 0 Å². The van der Waals surface area contributed by atoms with E-state index in [4.69, 9.17) is 5.73 Å². The topological polar surface area (TPSA) is 49.6 Å². The van der Waals surface area contributed by atoms with E-state index >= 15 is 0 Å². The number of hydrogen-bond acceptors (Lipinski definition) is 2. The summed E-state index contributed by atoms with van der Waals surface area (Å²) in [5.74, 6) is 0. The second-order valence-corrected chi connectivity index (χ2v) is 5.12. The Kier molecular flexibility index (Phi) is 4.80. The number of urea groups is 1. The van der Waals surface area contributed by atoms with E-state index in [2.05, 4.69) is 0 Å². The van der Waals surface area contributed by atoms with Gasteiger partial charge >= 0.3 is 6.03 Å². The summed E-state index contributed by atoms with van der Waals surface area (Å²) in [6.45, 7) is 2.25. The van der Waals surface area contributed by atoms with Gasteiger partial charge in [-0.2, -0.15) is 0 Å². The molecule has 1 aromatic carbocycles. The van der Waals surface area contributed by atoms with Crippen LogP contribution in [0.4, 0.5) is 10.5 Å². The van der Waals surface area contributed by atoms with E-state index in [1.807, 2.05) is 36.2 Å². The maximum absolute atomic E-state index is 12.5. The predicted molar refractivity (Wildman–Crippen MR) is 78.2 cm³/mol. The molecule has 0 spiro atoms. The van der Waals surface area contributed by atoms with E-state index in [-0.39, 0.29) is 6.03 Å². The van der Waals surface area contributed by atoms with Gasteiger partial charge in [0.05, 0.1) is 0 Å². The highest BCUT2D eigenvalue weighted by atomic mass is 16.2. The lowest BCUT2D eigenvalue weighted by Gasteiger charge is -2.27. The van der Waals surface area contributed by atoms with Gasteiger partial charge in [-0.25, -0.2) is 4.79 Å². The SMILES string of the molecule is CN(C(=O)N1CCCCCC1)c1cccc(CN)c1. The summed E-state index contributed by atoms with van der Waals surface area (Å²) in [5.41, 5.74) is 7.61. The number of benzene rings is 1. The monoisotopic (exact) mass is 261 g/mol. The molecule has 0 radical (unpaired) electrons. The first-order chi connectivity index (χ1) is 9.22. The second-order valence-electron chi connectivity index (χ2n) is 5.12. The Balaban J connectivity index is 2.08. The minimum absolute atomic E-state index is 0.0936. The third-order valence-corrected chi connectivity index (χ3v) is 3.70. The van der Waals surface area contributed by atoms with E-state index in [1.165, 1.54) is 12.8 Å². The van der Waals surface area contributed by atoms with Crippen LogP contribution in [0.5, 0.6) is 0 Å². The van der Waals surface area contributed by atoms with Gasteiger partial charge in [0.15, 0.2) is 0 Å². The average Bonchev–Trinajstić information content (AvgIpc) is 2.75. The maximum atomic E-state index is 12.5. The molecule has 2 amide bonds. The molecule has 1 aliphatic rings. The van der Waals surface area contributed by atoms with Gasteiger partial charge < -0.3 is 10.6 Å². The van der Waals surface area contributed by atoms with E-state index in [0.717, 1.165) is 37.2 Å². The van der Waals surface area contributed by atoms with Crippen LogP contribution in [0, 0.1) is 0 Å². The van der Waals surface area contributed by atoms with Gasteiger partial charge in [0.1, 0.15) is 0 Å². The molecule has 0 aliphatic carbocycles. The lowest BCUT2D eigenvalue weighted by molar-refractivity contribution is 0.208. The van der Waals surface area contributed by atoms with Crippen molar-refractivity contribution in [2.45, 2.75) is 32.2 Å². The largest absolute Gasteiger partial charge is 0.326 e. The number of nitrogens with zero attached hydrogens (tertiary/aromatic N) is 2. The van der Waals surface area contributed by atoms with Crippen molar-refractivity contribution in [1.82, 2.24) is 4.90 Å². The Labute approximate surface area is 115 Å². The predicted octanol–water partition coefficient (Wildman–Crippen LogP) is 2.58. The molecule has 0 atom stereocenters. The second kappa shape index (κ2) is 6.57. The molecule has 1 fully saturated rings. The Hall–Kier alpha value is -1.55. The number of hydrogen-bond donors (Lipinski definition) is 1. The molecule has 0 bridgehead atoms. The summed E-state index contributed by atoms with van der Waals surface area (Å²) in [5, 5.41) is 0. The van der Waals surface area contributed by atoms with Gasteiger partial charge in [-0.3, -0.25) is 4.90 Å². The summed E-state index contributed by atoms with van der Waals surface area (Å²) in [7, 11) is 1.84. The Morgan fingerprint density at radius 3 is 2.58 bits per heavy atom. The number of rotatable bonds is 2. The van der Waals surface area contributed by atoms with Crippen LogP contribution in [0.2, 0.25) is 0 Å². The molecule has 0 saturated carbocycles. The lowest BCUT2D eigenvalue weighted by Crippen LogP contribution is -2.41. The van der Waals surface area contributed by atoms with Crippen molar-refractivity contribution in [1.29, 1.82) is 0 Å². The zero-order valence-corrected chi connectivity index (χ0v) is 11.6. The van der Waals surface area contributed by atoms with Crippen molar-refractivity contribution in [3.63, 3.8) is 0 Å². The Bertz CT molecular complexity index is 425. The molecule has 1 aromatic rings. The molecule has 104 valence electrons. The third-order valence-electron chi connectivity index (χ3n) is 3.70. The third kappa shape index (κ3) is 3.47. The van der Waals surface area contributed by atoms with Gasteiger partial charge in [0.2, 0.25) is 0 Å². The zero-order chi connectivity index (χ0) is 13.7. The van der Waals surface area contributed by atoms with Crippen LogP contribution in [-0.4, -0.2) is 31.1 Å². The number of anilines is 1. The zero-order valence-electron chi connectivity index (χ0n) is 11.6. The number of likely N-dealkylation sites (tertiary alicyclic amines) is 1. The molecular formula is C15H23N3O. The number of carbonyl (C=O) groups is 1. The van der Waals surface area contributed by atoms with Gasteiger partial charge in [0, 0.05) is 32.4 Å². The van der Waals surface area contributed by atoms with Crippen LogP contribution in [-0.2, 0) is 6.54 Å². The molecule has 4 nitrogen and oxygen atoms in total. The van der Waals surface area contributed by atoms with Crippen LogP contribution in [0.15, 0.2) is 24.3 Å². The molecule has 19 heavy (non-hydrogen) atoms. The summed E-state index contributed by atoms with van der Waals surface area (Å²) in [4.78, 5) is 16.2. The van der Waals surface area contributed by atoms with Crippen LogP contribution >= 0.6 is 0 Å². The lowest BCUT2D eigenvalue weighted by atomic mass is 10.2. The first-order valence-corrected chi connectivity index (χ1v) is 7.04.